The van der Waals surface area contributed by atoms with E-state index in [1.54, 1.807) is 42.6 Å². The van der Waals surface area contributed by atoms with Crippen LogP contribution in [0.3, 0.4) is 0 Å². The smallest absolute Gasteiger partial charge is 0.391 e. The second-order valence-electron chi connectivity index (χ2n) is 20.3. The van der Waals surface area contributed by atoms with E-state index in [0.717, 1.165) is 39.0 Å². The molecule has 412 valence electrons. The van der Waals surface area contributed by atoms with E-state index < -0.39 is 66.2 Å². The summed E-state index contributed by atoms with van der Waals surface area (Å²) < 4.78 is 110. The number of nitrogens with one attached hydrogen (secondary N) is 2. The summed E-state index contributed by atoms with van der Waals surface area (Å²) in [6.07, 6.45) is -5.60. The Bertz CT molecular complexity index is 2700. The fourth-order valence-electron chi connectivity index (χ4n) is 9.14. The highest BCUT2D eigenvalue weighted by atomic mass is 19.4. The third-order valence-corrected chi connectivity index (χ3v) is 13.3. The number of carbonyl (C=O) groups excluding carboxylic acids is 3. The second kappa shape index (κ2) is 22.6. The maximum Gasteiger partial charge on any atom is 0.391 e. The van der Waals surface area contributed by atoms with Gasteiger partial charge in [-0.05, 0) is 89.1 Å². The van der Waals surface area contributed by atoms with Crippen LogP contribution in [0.2, 0.25) is 0 Å². The summed E-state index contributed by atoms with van der Waals surface area (Å²) in [4.78, 5) is 60.4. The Morgan fingerprint density at radius 3 is 1.80 bits per heavy atom. The number of ketones is 2. The molecule has 4 saturated heterocycles. The van der Waals surface area contributed by atoms with Crippen LogP contribution < -0.4 is 40.5 Å². The Hall–Kier alpha value is -6.57. The molecule has 0 unspecified atom stereocenters. The van der Waals surface area contributed by atoms with Crippen molar-refractivity contribution in [3.05, 3.63) is 72.3 Å². The maximum atomic E-state index is 13.4. The molecule has 4 aromatic rings. The lowest BCUT2D eigenvalue weighted by atomic mass is 10.0. The van der Waals surface area contributed by atoms with Crippen molar-refractivity contribution < 1.29 is 69.1 Å². The molecule has 19 nitrogen and oxygen atoms in total. The Morgan fingerprint density at radius 1 is 0.737 bits per heavy atom. The molecule has 6 aliphatic rings. The molecule has 0 saturated carbocycles. The van der Waals surface area contributed by atoms with Gasteiger partial charge in [-0.25, -0.2) is 24.7 Å². The van der Waals surface area contributed by atoms with Crippen LogP contribution in [0.15, 0.2) is 60.9 Å². The number of fused-ring (bicyclic) bond motifs is 8. The fraction of sp³-hybridized carbons (Fsp3) is 0.549. The van der Waals surface area contributed by atoms with Crippen LogP contribution in [-0.2, 0) is 18.9 Å². The van der Waals surface area contributed by atoms with Crippen molar-refractivity contribution in [3.8, 4) is 11.5 Å². The maximum absolute atomic E-state index is 13.4. The van der Waals surface area contributed by atoms with Gasteiger partial charge in [0.1, 0.15) is 59.9 Å². The molecule has 0 aromatic carbocycles. The summed E-state index contributed by atoms with van der Waals surface area (Å²) in [6.45, 7) is 14.3. The van der Waals surface area contributed by atoms with Crippen molar-refractivity contribution in [2.45, 2.75) is 115 Å². The third-order valence-electron chi connectivity index (χ3n) is 13.3. The Balaban J connectivity index is 0.000000172. The lowest BCUT2D eigenvalue weighted by Gasteiger charge is -2.35. The first-order chi connectivity index (χ1) is 35.8. The van der Waals surface area contributed by atoms with Gasteiger partial charge in [-0.3, -0.25) is 19.8 Å². The zero-order valence-electron chi connectivity index (χ0n) is 42.9. The van der Waals surface area contributed by atoms with Crippen LogP contribution in [0, 0.1) is 11.8 Å². The van der Waals surface area contributed by atoms with Gasteiger partial charge in [0, 0.05) is 45.1 Å². The molecule has 4 fully saturated rings. The Morgan fingerprint density at radius 2 is 1.28 bits per heavy atom. The van der Waals surface area contributed by atoms with Gasteiger partial charge in [-0.15, -0.1) is 0 Å². The van der Waals surface area contributed by atoms with Gasteiger partial charge in [0.05, 0.1) is 54.9 Å². The van der Waals surface area contributed by atoms with Crippen molar-refractivity contribution in [3.63, 3.8) is 0 Å². The van der Waals surface area contributed by atoms with Crippen LogP contribution >= 0.6 is 0 Å². The molecule has 0 aliphatic carbocycles. The number of ether oxygens (including phenoxy) is 6. The summed E-state index contributed by atoms with van der Waals surface area (Å²) in [5.74, 6) is -3.12. The number of nitrogen functional groups attached to an aromatic ring is 1. The number of alkyl halides is 6. The minimum Gasteiger partial charge on any atom is -0.489 e. The molecule has 2 amide bonds. The number of urea groups is 1. The molecule has 25 heteroatoms. The van der Waals surface area contributed by atoms with Crippen LogP contribution in [0.5, 0.6) is 11.5 Å². The van der Waals surface area contributed by atoms with Gasteiger partial charge in [-0.1, -0.05) is 13.8 Å². The lowest BCUT2D eigenvalue weighted by Crippen LogP contribution is -2.48. The highest BCUT2D eigenvalue weighted by Crippen LogP contribution is 2.40. The average Bonchev–Trinajstić information content (AvgIpc) is 4.15. The molecule has 10 rings (SSSR count). The lowest BCUT2D eigenvalue weighted by molar-refractivity contribution is -0.169. The largest absolute Gasteiger partial charge is 0.489 e. The van der Waals surface area contributed by atoms with Crippen molar-refractivity contribution in [2.24, 2.45) is 11.8 Å². The number of rotatable bonds is 13. The summed E-state index contributed by atoms with van der Waals surface area (Å²) >= 11 is 0. The molecule has 10 heterocycles. The van der Waals surface area contributed by atoms with E-state index in [1.165, 1.54) is 23.2 Å². The number of halogens is 6. The van der Waals surface area contributed by atoms with E-state index in [-0.39, 0.29) is 47.9 Å². The minimum absolute atomic E-state index is 0.0347. The molecule has 76 heavy (non-hydrogen) atoms. The standard InChI is InChI=1S/C26H30F3N5O5.C14H16F3N3O.C11H16N2O3/c1-15(26(27,28)29)10-21(35)19-5-6-20-23(31-19)34(16-8-9-33(20)12-16)24(36)32-22-7-4-17(11-30-22)37-13-18-14-38-25(2,3)39-18;1-8(14(15,16)17)6-12(21)10-2-3-11-13(19-10)18-9-4-5-20(11)7-9;1-11(2)15-7-9(16-11)6-14-8-3-4-10(12)13-5-8/h4-7,11,15-16,18H,8-10,12-14H2,1-3H3,(H,30,32,36);2-3,8-9H,4-7H2,1H3,(H,18,19);3-5,9H,6-7H2,1-2H3,(H2,12,13)/t15-,16-,18-;8-,9-;9-/m000/s1. The summed E-state index contributed by atoms with van der Waals surface area (Å²) in [6, 6.07) is 12.7. The highest BCUT2D eigenvalue weighted by molar-refractivity contribution is 6.05. The van der Waals surface area contributed by atoms with Crippen molar-refractivity contribution in [1.29, 1.82) is 0 Å². The van der Waals surface area contributed by atoms with Crippen LogP contribution in [0.1, 0.15) is 88.2 Å². The number of hydrogen-bond donors (Lipinski definition) is 3. The third kappa shape index (κ3) is 14.1. The monoisotopic (exact) mass is 1070 g/mol. The Kier molecular flexibility index (Phi) is 16.5. The predicted molar refractivity (Wildman–Crippen MR) is 267 cm³/mol. The van der Waals surface area contributed by atoms with E-state index >= 15 is 0 Å². The Labute approximate surface area is 435 Å². The summed E-state index contributed by atoms with van der Waals surface area (Å²) in [5.41, 5.74) is 7.03. The number of aromatic nitrogens is 4. The first kappa shape index (κ1) is 55.7. The number of hydrogen-bond acceptors (Lipinski definition) is 17. The number of nitrogens with two attached hydrogens (primary N) is 1. The molecular weight excluding hydrogens is 1010 g/mol. The van der Waals surface area contributed by atoms with Crippen LogP contribution in [0.4, 0.5) is 65.8 Å². The molecule has 0 radical (unpaired) electrons. The normalized spacial score (nSPS) is 22.4. The van der Waals surface area contributed by atoms with E-state index in [4.69, 9.17) is 34.2 Å². The van der Waals surface area contributed by atoms with E-state index in [2.05, 4.69) is 35.5 Å². The predicted octanol–water partition coefficient (Wildman–Crippen LogP) is 8.46. The number of carbonyl (C=O) groups is 3. The van der Waals surface area contributed by atoms with Gasteiger partial charge in [0.25, 0.3) is 0 Å². The van der Waals surface area contributed by atoms with Gasteiger partial charge in [0.2, 0.25) is 0 Å². The summed E-state index contributed by atoms with van der Waals surface area (Å²) in [7, 11) is 0. The SMILES string of the molecule is CC1(C)OC[C@H](COc2ccc(N)nc2)O1.C[C@@H](CC(=O)c1ccc2c(n1)N(C(=O)Nc1ccc(OC[C@H]3COC(C)(C)O3)cn1)[C@H]1CCN2C1)C(F)(F)F.C[C@@H](CC(=O)c1ccc2c(n1)N[C@H]1CCN2C1)C(F)(F)F. The number of nitrogens with zero attached hydrogens (tertiary/aromatic N) is 7. The molecule has 4 bridgehead atoms. The number of amides is 2. The minimum atomic E-state index is -4.48. The molecule has 6 aliphatic heterocycles. The highest BCUT2D eigenvalue weighted by Gasteiger charge is 2.43. The molecule has 0 spiro atoms. The van der Waals surface area contributed by atoms with Gasteiger partial charge in [0.15, 0.2) is 34.8 Å². The van der Waals surface area contributed by atoms with E-state index in [1.807, 2.05) is 32.6 Å². The molecule has 4 N–H and O–H groups in total. The second-order valence-corrected chi connectivity index (χ2v) is 20.3. The van der Waals surface area contributed by atoms with E-state index in [0.29, 0.717) is 74.2 Å². The van der Waals surface area contributed by atoms with Gasteiger partial charge >= 0.3 is 18.4 Å². The number of anilines is 6. The van der Waals surface area contributed by atoms with E-state index in [9.17, 15) is 40.7 Å². The topological polar surface area (TPSA) is 218 Å². The molecule has 6 atom stereocenters. The fourth-order valence-corrected chi connectivity index (χ4v) is 9.14. The van der Waals surface area contributed by atoms with Crippen LogP contribution in [-0.4, -0.2) is 138 Å². The first-order valence-corrected chi connectivity index (χ1v) is 24.9. The van der Waals surface area contributed by atoms with Crippen LogP contribution in [0.25, 0.3) is 0 Å². The zero-order chi connectivity index (χ0) is 54.7. The van der Waals surface area contributed by atoms with Gasteiger partial charge in [-0.2, -0.15) is 26.3 Å². The number of Topliss-reactive ketones (excluding diaryl/α,β-unsaturated/α-hetero) is 2. The molecule has 4 aromatic heterocycles. The van der Waals surface area contributed by atoms with Crippen molar-refractivity contribution in [2.75, 3.05) is 83.7 Å². The van der Waals surface area contributed by atoms with Gasteiger partial charge < -0.3 is 49.3 Å². The number of pyridine rings is 4. The van der Waals surface area contributed by atoms with Crippen molar-refractivity contribution >= 4 is 52.2 Å². The molecular formula is C51H62F6N10O9. The van der Waals surface area contributed by atoms with Crippen molar-refractivity contribution in [1.82, 2.24) is 19.9 Å². The zero-order valence-corrected chi connectivity index (χ0v) is 42.9. The quantitative estimate of drug-likeness (QED) is 0.0845. The summed E-state index contributed by atoms with van der Waals surface area (Å²) in [5, 5.41) is 5.99. The average molecular weight is 1070 g/mol. The first-order valence-electron chi connectivity index (χ1n) is 24.9.